The summed E-state index contributed by atoms with van der Waals surface area (Å²) in [6.45, 7) is 9.29. The van der Waals surface area contributed by atoms with E-state index in [-0.39, 0.29) is 24.1 Å². The van der Waals surface area contributed by atoms with E-state index in [0.717, 1.165) is 44.9 Å². The molecule has 3 aliphatic rings. The van der Waals surface area contributed by atoms with E-state index in [0.29, 0.717) is 31.7 Å². The maximum absolute atomic E-state index is 13.4. The topological polar surface area (TPSA) is 137 Å². The zero-order valence-electron chi connectivity index (χ0n) is 23.8. The summed E-state index contributed by atoms with van der Waals surface area (Å²) in [5.74, 6) is -0.633. The third kappa shape index (κ3) is 8.43. The average molecular weight is 534 g/mol. The minimum atomic E-state index is -0.783. The van der Waals surface area contributed by atoms with Crippen molar-refractivity contribution in [2.75, 3.05) is 13.1 Å². The number of hydrogen-bond donors (Lipinski definition) is 4. The van der Waals surface area contributed by atoms with Crippen molar-refractivity contribution in [3.8, 4) is 0 Å². The van der Waals surface area contributed by atoms with Crippen molar-refractivity contribution in [3.05, 3.63) is 0 Å². The van der Waals surface area contributed by atoms with Crippen LogP contribution < -0.4 is 21.3 Å². The van der Waals surface area contributed by atoms with Gasteiger partial charge in [0, 0.05) is 12.1 Å². The summed E-state index contributed by atoms with van der Waals surface area (Å²) in [4.78, 5) is 65.7. The first-order valence-corrected chi connectivity index (χ1v) is 14.3. The molecule has 38 heavy (non-hydrogen) atoms. The zero-order valence-corrected chi connectivity index (χ0v) is 23.8. The Balaban J connectivity index is 1.61. The molecule has 0 aromatic carbocycles. The summed E-state index contributed by atoms with van der Waals surface area (Å²) in [5, 5.41) is 11.3. The number of amides is 5. The normalized spacial score (nSPS) is 22.7. The van der Waals surface area contributed by atoms with Gasteiger partial charge in [-0.1, -0.05) is 39.0 Å². The number of carbonyl (C=O) groups is 5. The van der Waals surface area contributed by atoms with Gasteiger partial charge in [0.2, 0.25) is 17.7 Å². The summed E-state index contributed by atoms with van der Waals surface area (Å²) >= 11 is 0. The molecule has 0 bridgehead atoms. The molecule has 0 radical (unpaired) electrons. The molecule has 2 saturated carbocycles. The fraction of sp³-hybridized carbons (Fsp3) is 0.821. The van der Waals surface area contributed by atoms with Crippen LogP contribution in [0.4, 0.5) is 4.79 Å². The predicted molar refractivity (Wildman–Crippen MR) is 144 cm³/mol. The first-order chi connectivity index (χ1) is 17.8. The minimum Gasteiger partial charge on any atom is -0.345 e. The van der Waals surface area contributed by atoms with Gasteiger partial charge in [0.05, 0.1) is 12.6 Å². The maximum atomic E-state index is 13.4. The monoisotopic (exact) mass is 533 g/mol. The van der Waals surface area contributed by atoms with Gasteiger partial charge in [0.15, 0.2) is 5.78 Å². The number of likely N-dealkylation sites (tertiary alicyclic amines) is 1. The molecule has 2 aliphatic carbocycles. The summed E-state index contributed by atoms with van der Waals surface area (Å²) in [7, 11) is 0. The van der Waals surface area contributed by atoms with E-state index in [9.17, 15) is 24.0 Å². The molecule has 3 unspecified atom stereocenters. The third-order valence-electron chi connectivity index (χ3n) is 8.08. The van der Waals surface area contributed by atoms with Crippen LogP contribution in [0.5, 0.6) is 0 Å². The number of ketones is 1. The lowest BCUT2D eigenvalue weighted by molar-refractivity contribution is -0.140. The summed E-state index contributed by atoms with van der Waals surface area (Å²) in [6.07, 6.45) is 8.69. The van der Waals surface area contributed by atoms with Crippen molar-refractivity contribution in [3.63, 3.8) is 0 Å². The highest BCUT2D eigenvalue weighted by Gasteiger charge is 2.42. The number of urea groups is 1. The fourth-order valence-electron chi connectivity index (χ4n) is 5.70. The Morgan fingerprint density at radius 2 is 1.61 bits per heavy atom. The molecular weight excluding hydrogens is 486 g/mol. The third-order valence-corrected chi connectivity index (χ3v) is 8.08. The zero-order chi connectivity index (χ0) is 28.1. The molecular formula is C28H47N5O5. The van der Waals surface area contributed by atoms with Crippen molar-refractivity contribution >= 4 is 29.5 Å². The maximum Gasteiger partial charge on any atom is 0.315 e. The van der Waals surface area contributed by atoms with Gasteiger partial charge in [-0.05, 0) is 71.1 Å². The Hall–Kier alpha value is -2.65. The van der Waals surface area contributed by atoms with E-state index in [2.05, 4.69) is 21.3 Å². The molecule has 0 aromatic heterocycles. The summed E-state index contributed by atoms with van der Waals surface area (Å²) < 4.78 is 0. The second kappa shape index (κ2) is 12.5. The van der Waals surface area contributed by atoms with Crippen molar-refractivity contribution in [2.24, 2.45) is 11.3 Å². The molecule has 3 atom stereocenters. The summed E-state index contributed by atoms with van der Waals surface area (Å²) in [6, 6.07) is -2.37. The standard InChI is InChI=1S/C28H47N5O5/c1-18(34)20(16-19-11-12-19)30-24(36)21-10-9-15-33(21)22(35)17-29-25(37)23(28(5)13-7-6-8-14-28)31-26(38)32-27(2,3)4/h19-21,23H,6-17H2,1-5H3,(H,29,37)(H,30,36)(H2,31,32,38). The SMILES string of the molecule is CC(=O)C(CC1CC1)NC(=O)C1CCCN1C(=O)CNC(=O)C(NC(=O)NC(C)(C)C)C1(C)CCCCC1. The Bertz CT molecular complexity index is 904. The quantitative estimate of drug-likeness (QED) is 0.342. The number of nitrogens with one attached hydrogen (secondary N) is 4. The van der Waals surface area contributed by atoms with E-state index in [4.69, 9.17) is 0 Å². The number of hydrogen-bond acceptors (Lipinski definition) is 5. The molecule has 3 rings (SSSR count). The van der Waals surface area contributed by atoms with Crippen LogP contribution in [0.3, 0.4) is 0 Å². The number of carbonyl (C=O) groups excluding carboxylic acids is 5. The number of rotatable bonds is 10. The van der Waals surface area contributed by atoms with Crippen LogP contribution in [0.2, 0.25) is 0 Å². The second-order valence-corrected chi connectivity index (χ2v) is 12.8. The molecule has 1 saturated heterocycles. The lowest BCUT2D eigenvalue weighted by Gasteiger charge is -2.40. The smallest absolute Gasteiger partial charge is 0.315 e. The number of Topliss-reactive ketones (excluding diaryl/α,β-unsaturated/α-hetero) is 1. The molecule has 0 spiro atoms. The van der Waals surface area contributed by atoms with Gasteiger partial charge >= 0.3 is 6.03 Å². The highest BCUT2D eigenvalue weighted by atomic mass is 16.2. The van der Waals surface area contributed by atoms with E-state index in [1.807, 2.05) is 27.7 Å². The average Bonchev–Trinajstić information content (AvgIpc) is 3.50. The Morgan fingerprint density at radius 1 is 0.947 bits per heavy atom. The van der Waals surface area contributed by atoms with Crippen molar-refractivity contribution in [2.45, 2.75) is 122 Å². The van der Waals surface area contributed by atoms with Crippen LogP contribution in [-0.4, -0.2) is 71.2 Å². The Morgan fingerprint density at radius 3 is 2.18 bits per heavy atom. The molecule has 3 fully saturated rings. The van der Waals surface area contributed by atoms with Gasteiger partial charge in [-0.3, -0.25) is 19.2 Å². The first-order valence-electron chi connectivity index (χ1n) is 14.3. The molecule has 214 valence electrons. The van der Waals surface area contributed by atoms with Crippen LogP contribution in [0.15, 0.2) is 0 Å². The van der Waals surface area contributed by atoms with Crippen molar-refractivity contribution < 1.29 is 24.0 Å². The van der Waals surface area contributed by atoms with Gasteiger partial charge in [0.25, 0.3) is 0 Å². The van der Waals surface area contributed by atoms with Crippen LogP contribution >= 0.6 is 0 Å². The molecule has 0 aromatic rings. The fourth-order valence-corrected chi connectivity index (χ4v) is 5.70. The Labute approximate surface area is 226 Å². The second-order valence-electron chi connectivity index (χ2n) is 12.8. The van der Waals surface area contributed by atoms with Gasteiger partial charge in [0.1, 0.15) is 12.1 Å². The molecule has 10 nitrogen and oxygen atoms in total. The lowest BCUT2D eigenvalue weighted by atomic mass is 9.70. The van der Waals surface area contributed by atoms with E-state index >= 15 is 0 Å². The van der Waals surface area contributed by atoms with Crippen LogP contribution in [0.1, 0.15) is 98.8 Å². The minimum absolute atomic E-state index is 0.0707. The van der Waals surface area contributed by atoms with Crippen LogP contribution in [0, 0.1) is 11.3 Å². The highest BCUT2D eigenvalue weighted by Crippen LogP contribution is 2.39. The number of nitrogens with zero attached hydrogens (tertiary/aromatic N) is 1. The van der Waals surface area contributed by atoms with Crippen molar-refractivity contribution in [1.29, 1.82) is 0 Å². The molecule has 4 N–H and O–H groups in total. The lowest BCUT2D eigenvalue weighted by Crippen LogP contribution is -2.60. The molecule has 10 heteroatoms. The van der Waals surface area contributed by atoms with Gasteiger partial charge < -0.3 is 26.2 Å². The molecule has 1 aliphatic heterocycles. The van der Waals surface area contributed by atoms with Gasteiger partial charge in [-0.2, -0.15) is 0 Å². The van der Waals surface area contributed by atoms with Crippen molar-refractivity contribution in [1.82, 2.24) is 26.2 Å². The molecule has 1 heterocycles. The van der Waals surface area contributed by atoms with Crippen LogP contribution in [0.25, 0.3) is 0 Å². The van der Waals surface area contributed by atoms with Crippen LogP contribution in [-0.2, 0) is 19.2 Å². The summed E-state index contributed by atoms with van der Waals surface area (Å²) in [5.41, 5.74) is -0.875. The highest BCUT2D eigenvalue weighted by molar-refractivity contribution is 5.94. The first kappa shape index (κ1) is 29.9. The largest absolute Gasteiger partial charge is 0.345 e. The van der Waals surface area contributed by atoms with E-state index in [1.165, 1.54) is 11.8 Å². The van der Waals surface area contributed by atoms with Gasteiger partial charge in [-0.15, -0.1) is 0 Å². The van der Waals surface area contributed by atoms with E-state index < -0.39 is 41.0 Å². The van der Waals surface area contributed by atoms with E-state index in [1.54, 1.807) is 0 Å². The predicted octanol–water partition coefficient (Wildman–Crippen LogP) is 2.40. The molecule has 5 amide bonds. The Kier molecular flexibility index (Phi) is 9.81. The van der Waals surface area contributed by atoms with Gasteiger partial charge in [-0.25, -0.2) is 4.79 Å².